The number of ether oxygens (including phenoxy) is 1. The highest BCUT2D eigenvalue weighted by Gasteiger charge is 2.21. The average molecular weight is 266 g/mol. The second kappa shape index (κ2) is 7.35. The quantitative estimate of drug-likeness (QED) is 0.807. The van der Waals surface area contributed by atoms with Gasteiger partial charge in [-0.15, -0.1) is 0 Å². The molecular weight excluding hydrogens is 248 g/mol. The van der Waals surface area contributed by atoms with Crippen LogP contribution in [0.1, 0.15) is 30.6 Å². The smallest absolute Gasteiger partial charge is 0.323 e. The number of rotatable bonds is 7. The predicted molar refractivity (Wildman–Crippen MR) is 69.2 cm³/mol. The van der Waals surface area contributed by atoms with E-state index in [4.69, 9.17) is 9.84 Å². The summed E-state index contributed by atoms with van der Waals surface area (Å²) in [6.45, 7) is 4.13. The van der Waals surface area contributed by atoms with Gasteiger partial charge in [0.25, 0.3) is 5.91 Å². The molecule has 1 aromatic heterocycles. The van der Waals surface area contributed by atoms with Crippen LogP contribution in [0.5, 0.6) is 5.88 Å². The summed E-state index contributed by atoms with van der Waals surface area (Å²) >= 11 is 0. The van der Waals surface area contributed by atoms with Crippen LogP contribution < -0.4 is 4.74 Å². The Morgan fingerprint density at radius 2 is 2.16 bits per heavy atom. The maximum absolute atomic E-state index is 12.3. The number of pyridine rings is 1. The van der Waals surface area contributed by atoms with E-state index >= 15 is 0 Å². The third kappa shape index (κ3) is 4.24. The maximum atomic E-state index is 12.3. The molecule has 0 saturated carbocycles. The highest BCUT2D eigenvalue weighted by molar-refractivity contribution is 5.97. The number of aliphatic carboxylic acids is 1. The van der Waals surface area contributed by atoms with Crippen LogP contribution in [-0.2, 0) is 4.79 Å². The van der Waals surface area contributed by atoms with E-state index in [0.29, 0.717) is 25.1 Å². The van der Waals surface area contributed by atoms with Crippen LogP contribution >= 0.6 is 0 Å². The van der Waals surface area contributed by atoms with Crippen LogP contribution in [0.4, 0.5) is 0 Å². The second-order valence-corrected chi connectivity index (χ2v) is 3.91. The zero-order valence-electron chi connectivity index (χ0n) is 11.1. The van der Waals surface area contributed by atoms with Crippen molar-refractivity contribution in [1.82, 2.24) is 9.88 Å². The summed E-state index contributed by atoms with van der Waals surface area (Å²) in [5, 5.41) is 8.84. The van der Waals surface area contributed by atoms with E-state index in [2.05, 4.69) is 4.98 Å². The molecule has 0 saturated heterocycles. The first-order valence-corrected chi connectivity index (χ1v) is 6.19. The maximum Gasteiger partial charge on any atom is 0.323 e. The number of aromatic nitrogens is 1. The molecule has 0 fully saturated rings. The van der Waals surface area contributed by atoms with E-state index in [1.807, 2.05) is 6.92 Å². The van der Waals surface area contributed by atoms with Gasteiger partial charge in [-0.2, -0.15) is 0 Å². The van der Waals surface area contributed by atoms with Gasteiger partial charge in [0.1, 0.15) is 12.1 Å². The molecule has 1 amide bonds. The van der Waals surface area contributed by atoms with Crippen molar-refractivity contribution in [2.45, 2.75) is 20.3 Å². The van der Waals surface area contributed by atoms with Crippen LogP contribution in [0.2, 0.25) is 0 Å². The Kier molecular flexibility index (Phi) is 5.78. The lowest BCUT2D eigenvalue weighted by Gasteiger charge is -2.20. The summed E-state index contributed by atoms with van der Waals surface area (Å²) in [6.07, 6.45) is 2.21. The second-order valence-electron chi connectivity index (χ2n) is 3.91. The summed E-state index contributed by atoms with van der Waals surface area (Å²) < 4.78 is 5.29. The van der Waals surface area contributed by atoms with Crippen LogP contribution in [0, 0.1) is 0 Å². The van der Waals surface area contributed by atoms with Crippen molar-refractivity contribution >= 4 is 11.9 Å². The molecule has 1 N–H and O–H groups in total. The Labute approximate surface area is 112 Å². The fraction of sp³-hybridized carbons (Fsp3) is 0.462. The highest BCUT2D eigenvalue weighted by Crippen LogP contribution is 2.17. The minimum absolute atomic E-state index is 0.237. The van der Waals surface area contributed by atoms with Crippen molar-refractivity contribution in [2.75, 3.05) is 19.7 Å². The Morgan fingerprint density at radius 1 is 1.42 bits per heavy atom. The summed E-state index contributed by atoms with van der Waals surface area (Å²) in [5.41, 5.74) is 0.291. The van der Waals surface area contributed by atoms with Crippen LogP contribution in [0.15, 0.2) is 18.3 Å². The van der Waals surface area contributed by atoms with Crippen molar-refractivity contribution in [2.24, 2.45) is 0 Å². The van der Waals surface area contributed by atoms with Gasteiger partial charge in [-0.05, 0) is 25.5 Å². The van der Waals surface area contributed by atoms with Gasteiger partial charge in [0.05, 0.1) is 6.61 Å². The molecule has 0 aliphatic carbocycles. The third-order valence-corrected chi connectivity index (χ3v) is 2.39. The van der Waals surface area contributed by atoms with Crippen LogP contribution in [0.3, 0.4) is 0 Å². The third-order valence-electron chi connectivity index (χ3n) is 2.39. The van der Waals surface area contributed by atoms with Crippen molar-refractivity contribution in [3.8, 4) is 5.88 Å². The normalized spacial score (nSPS) is 10.0. The lowest BCUT2D eigenvalue weighted by atomic mass is 10.2. The SMILES string of the molecule is CCCN(CC(=O)O)C(=O)c1cccnc1OCC. The molecule has 0 aliphatic rings. The minimum Gasteiger partial charge on any atom is -0.480 e. The van der Waals surface area contributed by atoms with Crippen LogP contribution in [0.25, 0.3) is 0 Å². The topological polar surface area (TPSA) is 79.7 Å². The number of carboxylic acid groups (broad SMARTS) is 1. The fourth-order valence-electron chi connectivity index (χ4n) is 1.66. The van der Waals surface area contributed by atoms with Crippen LogP contribution in [-0.4, -0.2) is 46.6 Å². The first-order chi connectivity index (χ1) is 9.10. The van der Waals surface area contributed by atoms with Crippen molar-refractivity contribution < 1.29 is 19.4 Å². The molecule has 6 heteroatoms. The molecule has 104 valence electrons. The van der Waals surface area contributed by atoms with E-state index in [1.54, 1.807) is 19.1 Å². The molecule has 0 spiro atoms. The summed E-state index contributed by atoms with van der Waals surface area (Å²) in [7, 11) is 0. The summed E-state index contributed by atoms with van der Waals surface area (Å²) in [4.78, 5) is 28.4. The zero-order valence-corrected chi connectivity index (χ0v) is 11.1. The Hall–Kier alpha value is -2.11. The molecule has 0 atom stereocenters. The summed E-state index contributed by atoms with van der Waals surface area (Å²) in [5.74, 6) is -1.18. The van der Waals surface area contributed by atoms with Gasteiger partial charge in [-0.3, -0.25) is 9.59 Å². The first kappa shape index (κ1) is 14.9. The van der Waals surface area contributed by atoms with Gasteiger partial charge in [-0.1, -0.05) is 6.92 Å². The van der Waals surface area contributed by atoms with Gasteiger partial charge in [-0.25, -0.2) is 4.98 Å². The standard InChI is InChI=1S/C13H18N2O4/c1-3-8-15(9-11(16)17)13(18)10-6-5-7-14-12(10)19-4-2/h5-7H,3-4,8-9H2,1-2H3,(H,16,17). The van der Waals surface area contributed by atoms with Gasteiger partial charge in [0.2, 0.25) is 5.88 Å². The molecule has 1 rings (SSSR count). The average Bonchev–Trinajstić information content (AvgIpc) is 2.38. The number of nitrogens with zero attached hydrogens (tertiary/aromatic N) is 2. The zero-order chi connectivity index (χ0) is 14.3. The van der Waals surface area contributed by atoms with E-state index in [9.17, 15) is 9.59 Å². The summed E-state index contributed by atoms with van der Waals surface area (Å²) in [6, 6.07) is 3.21. The molecule has 19 heavy (non-hydrogen) atoms. The Balaban J connectivity index is 2.98. The molecule has 0 radical (unpaired) electrons. The monoisotopic (exact) mass is 266 g/mol. The van der Waals surface area contributed by atoms with E-state index in [0.717, 1.165) is 0 Å². The minimum atomic E-state index is -1.04. The molecule has 6 nitrogen and oxygen atoms in total. The van der Waals surface area contributed by atoms with Gasteiger partial charge >= 0.3 is 5.97 Å². The Bertz CT molecular complexity index is 448. The van der Waals surface area contributed by atoms with Gasteiger partial charge < -0.3 is 14.7 Å². The number of hydrogen-bond acceptors (Lipinski definition) is 4. The molecule has 0 unspecified atom stereocenters. The molecule has 0 bridgehead atoms. The van der Waals surface area contributed by atoms with Gasteiger partial charge in [0, 0.05) is 12.7 Å². The first-order valence-electron chi connectivity index (χ1n) is 6.19. The van der Waals surface area contributed by atoms with E-state index in [-0.39, 0.29) is 18.3 Å². The molecule has 0 aromatic carbocycles. The lowest BCUT2D eigenvalue weighted by molar-refractivity contribution is -0.137. The van der Waals surface area contributed by atoms with Crippen molar-refractivity contribution in [3.63, 3.8) is 0 Å². The Morgan fingerprint density at radius 3 is 2.74 bits per heavy atom. The highest BCUT2D eigenvalue weighted by atomic mass is 16.5. The molecule has 0 aliphatic heterocycles. The predicted octanol–water partition coefficient (Wildman–Crippen LogP) is 1.42. The van der Waals surface area contributed by atoms with E-state index in [1.165, 1.54) is 11.1 Å². The largest absolute Gasteiger partial charge is 0.480 e. The fourth-order valence-corrected chi connectivity index (χ4v) is 1.66. The number of carbonyl (C=O) groups is 2. The van der Waals surface area contributed by atoms with Gasteiger partial charge in [0.15, 0.2) is 0 Å². The molecule has 1 aromatic rings. The lowest BCUT2D eigenvalue weighted by Crippen LogP contribution is -2.36. The number of carboxylic acids is 1. The van der Waals surface area contributed by atoms with Crippen molar-refractivity contribution in [1.29, 1.82) is 0 Å². The number of carbonyl (C=O) groups excluding carboxylic acids is 1. The van der Waals surface area contributed by atoms with E-state index < -0.39 is 5.97 Å². The van der Waals surface area contributed by atoms with Crippen molar-refractivity contribution in [3.05, 3.63) is 23.9 Å². The molecular formula is C13H18N2O4. The number of amides is 1. The number of hydrogen-bond donors (Lipinski definition) is 1. The molecule has 1 heterocycles.